The highest BCUT2D eigenvalue weighted by Gasteiger charge is 2.13. The molecule has 0 aliphatic carbocycles. The Morgan fingerprint density at radius 1 is 1.75 bits per heavy atom. The van der Waals surface area contributed by atoms with Gasteiger partial charge in [-0.1, -0.05) is 22.9 Å². The second-order valence-corrected chi connectivity index (χ2v) is 4.92. The minimum Gasteiger partial charge on any atom is -0.351 e. The van der Waals surface area contributed by atoms with Crippen molar-refractivity contribution in [1.82, 2.24) is 10.3 Å². The predicted molar refractivity (Wildman–Crippen MR) is 62.8 cm³/mol. The third kappa shape index (κ3) is 3.65. The highest BCUT2D eigenvalue weighted by atomic mass is 79.9. The van der Waals surface area contributed by atoms with Gasteiger partial charge in [-0.05, 0) is 6.42 Å². The van der Waals surface area contributed by atoms with E-state index in [1.807, 2.05) is 6.92 Å². The number of nitrogens with one attached hydrogen (secondary N) is 2. The first-order valence-corrected chi connectivity index (χ1v) is 5.67. The molecule has 0 bridgehead atoms. The molecule has 1 unspecified atom stereocenters. The van der Waals surface area contributed by atoms with Crippen LogP contribution in [0.15, 0.2) is 12.3 Å². The number of nitrogens with zero attached hydrogens (tertiary/aromatic N) is 1. The lowest BCUT2D eigenvalue weighted by Crippen LogP contribution is -2.25. The van der Waals surface area contributed by atoms with Gasteiger partial charge in [-0.15, -0.1) is 0 Å². The third-order valence-electron chi connectivity index (χ3n) is 1.95. The molecule has 1 aromatic heterocycles. The molecule has 1 aromatic rings. The fraction of sp³-hybridized carbons (Fsp3) is 0.444. The van der Waals surface area contributed by atoms with Crippen LogP contribution in [0.1, 0.15) is 23.8 Å². The molecule has 0 fully saturated rings. The van der Waals surface area contributed by atoms with E-state index < -0.39 is 4.92 Å². The number of halogens is 1. The van der Waals surface area contributed by atoms with E-state index >= 15 is 0 Å². The molecule has 0 radical (unpaired) electrons. The summed E-state index contributed by atoms with van der Waals surface area (Å²) in [5.74, 6) is -0.332. The molecule has 1 atom stereocenters. The zero-order chi connectivity index (χ0) is 12.1. The van der Waals surface area contributed by atoms with Crippen molar-refractivity contribution < 1.29 is 9.72 Å². The maximum absolute atomic E-state index is 11.5. The Bertz CT molecular complexity index is 389. The summed E-state index contributed by atoms with van der Waals surface area (Å²) in [6.45, 7) is 2.50. The number of hydrogen-bond acceptors (Lipinski definition) is 3. The molecule has 7 heteroatoms. The summed E-state index contributed by atoms with van der Waals surface area (Å²) < 4.78 is 0. The van der Waals surface area contributed by atoms with Gasteiger partial charge in [0.25, 0.3) is 11.6 Å². The van der Waals surface area contributed by atoms with Crippen LogP contribution in [-0.2, 0) is 0 Å². The molecule has 0 aromatic carbocycles. The van der Waals surface area contributed by atoms with Gasteiger partial charge >= 0.3 is 0 Å². The molecule has 0 spiro atoms. The number of carbonyl (C=O) groups is 1. The average molecular weight is 290 g/mol. The average Bonchev–Trinajstić information content (AvgIpc) is 2.65. The zero-order valence-corrected chi connectivity index (χ0v) is 10.3. The highest BCUT2D eigenvalue weighted by Crippen LogP contribution is 2.11. The predicted octanol–water partition coefficient (Wildman–Crippen LogP) is 1.83. The lowest BCUT2D eigenvalue weighted by molar-refractivity contribution is -0.384. The minimum absolute atomic E-state index is 0.112. The van der Waals surface area contributed by atoms with Crippen molar-refractivity contribution in [2.24, 2.45) is 0 Å². The number of aromatic amines is 1. The minimum atomic E-state index is -0.548. The first-order valence-electron chi connectivity index (χ1n) is 4.75. The Balaban J connectivity index is 2.50. The molecular weight excluding hydrogens is 278 g/mol. The summed E-state index contributed by atoms with van der Waals surface area (Å²) in [6.07, 6.45) is 2.00. The van der Waals surface area contributed by atoms with Gasteiger partial charge in [0.1, 0.15) is 5.69 Å². The molecule has 88 valence electrons. The first-order chi connectivity index (χ1) is 7.50. The lowest BCUT2D eigenvalue weighted by atomic mass is 10.3. The summed E-state index contributed by atoms with van der Waals surface area (Å²) in [7, 11) is 0. The Labute approximate surface area is 101 Å². The maximum atomic E-state index is 11.5. The second-order valence-electron chi connectivity index (χ2n) is 3.35. The largest absolute Gasteiger partial charge is 0.351 e. The number of alkyl halides is 1. The van der Waals surface area contributed by atoms with E-state index in [1.165, 1.54) is 12.3 Å². The zero-order valence-electron chi connectivity index (χ0n) is 8.70. The topological polar surface area (TPSA) is 88.0 Å². The SMILES string of the molecule is CC(Br)CCNC(=O)c1cc([N+](=O)[O-])c[nH]1. The Hall–Kier alpha value is -1.37. The van der Waals surface area contributed by atoms with E-state index in [0.717, 1.165) is 6.42 Å². The van der Waals surface area contributed by atoms with Crippen molar-refractivity contribution in [3.63, 3.8) is 0 Å². The number of H-pyrrole nitrogens is 1. The summed E-state index contributed by atoms with van der Waals surface area (Å²) in [6, 6.07) is 1.22. The fourth-order valence-electron chi connectivity index (χ4n) is 1.10. The Morgan fingerprint density at radius 3 is 2.94 bits per heavy atom. The van der Waals surface area contributed by atoms with Crippen LogP contribution in [0.5, 0.6) is 0 Å². The Kier molecular flexibility index (Phi) is 4.48. The molecule has 0 saturated heterocycles. The summed E-state index contributed by atoms with van der Waals surface area (Å²) >= 11 is 3.36. The van der Waals surface area contributed by atoms with Gasteiger partial charge in [0.15, 0.2) is 0 Å². The smallest absolute Gasteiger partial charge is 0.287 e. The standard InChI is InChI=1S/C9H12BrN3O3/c1-6(10)2-3-11-9(14)8-4-7(5-12-8)13(15)16/h4-6,12H,2-3H2,1H3,(H,11,14). The fourth-order valence-corrected chi connectivity index (χ4v) is 1.33. The van der Waals surface area contributed by atoms with Crippen molar-refractivity contribution in [2.75, 3.05) is 6.54 Å². The third-order valence-corrected chi connectivity index (χ3v) is 2.41. The quantitative estimate of drug-likeness (QED) is 0.492. The number of rotatable bonds is 5. The molecule has 1 amide bonds. The van der Waals surface area contributed by atoms with Crippen LogP contribution < -0.4 is 5.32 Å². The van der Waals surface area contributed by atoms with E-state index in [9.17, 15) is 14.9 Å². The summed E-state index contributed by atoms with van der Waals surface area (Å²) in [4.78, 5) is 24.2. The second kappa shape index (κ2) is 5.64. The summed E-state index contributed by atoms with van der Waals surface area (Å²) in [5.41, 5.74) is 0.0907. The molecule has 2 N–H and O–H groups in total. The van der Waals surface area contributed by atoms with Crippen LogP contribution in [-0.4, -0.2) is 27.2 Å². The number of hydrogen-bond donors (Lipinski definition) is 2. The highest BCUT2D eigenvalue weighted by molar-refractivity contribution is 9.09. The molecule has 1 rings (SSSR count). The first kappa shape index (κ1) is 12.7. The molecule has 0 aliphatic heterocycles. The van der Waals surface area contributed by atoms with Crippen molar-refractivity contribution in [2.45, 2.75) is 18.2 Å². The van der Waals surface area contributed by atoms with Gasteiger partial charge in [0, 0.05) is 17.4 Å². The van der Waals surface area contributed by atoms with Crippen LogP contribution in [0, 0.1) is 10.1 Å². The van der Waals surface area contributed by atoms with Gasteiger partial charge < -0.3 is 10.3 Å². The lowest BCUT2D eigenvalue weighted by Gasteiger charge is -2.04. The van der Waals surface area contributed by atoms with Crippen LogP contribution in [0.4, 0.5) is 5.69 Å². The Morgan fingerprint density at radius 2 is 2.44 bits per heavy atom. The molecule has 6 nitrogen and oxygen atoms in total. The van der Waals surface area contributed by atoms with Gasteiger partial charge in [-0.2, -0.15) is 0 Å². The van der Waals surface area contributed by atoms with Gasteiger partial charge in [-0.3, -0.25) is 14.9 Å². The van der Waals surface area contributed by atoms with E-state index in [4.69, 9.17) is 0 Å². The van der Waals surface area contributed by atoms with E-state index in [2.05, 4.69) is 26.2 Å². The normalized spacial score (nSPS) is 12.1. The van der Waals surface area contributed by atoms with Gasteiger partial charge in [0.2, 0.25) is 0 Å². The van der Waals surface area contributed by atoms with Gasteiger partial charge in [-0.25, -0.2) is 0 Å². The molecular formula is C9H12BrN3O3. The van der Waals surface area contributed by atoms with Crippen molar-refractivity contribution in [1.29, 1.82) is 0 Å². The van der Waals surface area contributed by atoms with Crippen molar-refractivity contribution in [3.05, 3.63) is 28.1 Å². The monoisotopic (exact) mass is 289 g/mol. The molecule has 1 heterocycles. The molecule has 0 saturated carbocycles. The van der Waals surface area contributed by atoms with Crippen LogP contribution >= 0.6 is 15.9 Å². The van der Waals surface area contributed by atoms with Crippen LogP contribution in [0.3, 0.4) is 0 Å². The summed E-state index contributed by atoms with van der Waals surface area (Å²) in [5, 5.41) is 13.0. The number of nitro groups is 1. The van der Waals surface area contributed by atoms with E-state index in [0.29, 0.717) is 11.4 Å². The van der Waals surface area contributed by atoms with Crippen molar-refractivity contribution in [3.8, 4) is 0 Å². The van der Waals surface area contributed by atoms with E-state index in [-0.39, 0.29) is 17.3 Å². The molecule has 0 aliphatic rings. The van der Waals surface area contributed by atoms with Crippen LogP contribution in [0.2, 0.25) is 0 Å². The maximum Gasteiger partial charge on any atom is 0.287 e. The van der Waals surface area contributed by atoms with Gasteiger partial charge in [0.05, 0.1) is 11.1 Å². The number of carbonyl (C=O) groups excluding carboxylic acids is 1. The van der Waals surface area contributed by atoms with E-state index in [1.54, 1.807) is 0 Å². The number of aromatic nitrogens is 1. The molecule has 16 heavy (non-hydrogen) atoms. The number of amides is 1. The van der Waals surface area contributed by atoms with Crippen molar-refractivity contribution >= 4 is 27.5 Å². The van der Waals surface area contributed by atoms with Crippen LogP contribution in [0.25, 0.3) is 0 Å².